The molecule has 0 bridgehead atoms. The second-order valence-electron chi connectivity index (χ2n) is 14.8. The largest absolute Gasteiger partial charge is 0.554 e. The van der Waals surface area contributed by atoms with Crippen LogP contribution in [0.2, 0.25) is 12.6 Å². The van der Waals surface area contributed by atoms with Gasteiger partial charge in [0.2, 0.25) is 0 Å². The number of benzene rings is 1. The van der Waals surface area contributed by atoms with Crippen molar-refractivity contribution in [3.8, 4) is 0 Å². The molecule has 1 aromatic rings. The molecular weight excluding hydrogens is 511 g/mol. The number of ether oxygens (including phenoxy) is 1. The van der Waals surface area contributed by atoms with Gasteiger partial charge in [0.25, 0.3) is 0 Å². The molecule has 6 atom stereocenters. The lowest BCUT2D eigenvalue weighted by Crippen LogP contribution is -2.36. The van der Waals surface area contributed by atoms with E-state index in [1.54, 1.807) is 30.2 Å². The molecule has 40 heavy (non-hydrogen) atoms. The number of hydrogen-bond acceptors (Lipinski definition) is 4. The highest BCUT2D eigenvalue weighted by molar-refractivity contribution is 8.04. The number of carbonyl (C=O) groups excluding carboxylic acids is 1. The molecule has 3 nitrogen and oxygen atoms in total. The monoisotopic (exact) mass is 568 g/mol. The van der Waals surface area contributed by atoms with Crippen LogP contribution in [0.3, 0.4) is 0 Å². The zero-order valence-electron chi connectivity index (χ0n) is 27.0. The Kier molecular flexibility index (Phi) is 12.6. The molecule has 5 heteroatoms. The van der Waals surface area contributed by atoms with E-state index < -0.39 is 0 Å². The fourth-order valence-electron chi connectivity index (χ4n) is 7.50. The molecule has 3 rings (SSSR count). The Balaban J connectivity index is 1.88. The summed E-state index contributed by atoms with van der Waals surface area (Å²) >= 11 is 1.67. The lowest BCUT2D eigenvalue weighted by atomic mass is 9.49. The molecule has 0 aromatic heterocycles. The van der Waals surface area contributed by atoms with Gasteiger partial charge in [-0.05, 0) is 97.8 Å². The highest BCUT2D eigenvalue weighted by Gasteiger charge is 2.39. The minimum Gasteiger partial charge on any atom is -0.554 e. The van der Waals surface area contributed by atoms with Crippen molar-refractivity contribution in [1.29, 1.82) is 0 Å². The Hall–Kier alpha value is -1.36. The van der Waals surface area contributed by atoms with Gasteiger partial charge in [-0.1, -0.05) is 105 Å². The highest BCUT2D eigenvalue weighted by Crippen LogP contribution is 2.45. The lowest BCUT2D eigenvalue weighted by molar-refractivity contribution is 0.0655. The van der Waals surface area contributed by atoms with Crippen LogP contribution in [0.1, 0.15) is 111 Å². The molecule has 0 amide bonds. The van der Waals surface area contributed by atoms with Crippen molar-refractivity contribution in [3.63, 3.8) is 0 Å². The second kappa shape index (κ2) is 15.2. The normalized spacial score (nSPS) is 28.0. The smallest absolute Gasteiger partial charge is 0.359 e. The maximum absolute atomic E-state index is 12.8. The number of hydrogen-bond donors (Lipinski definition) is 0. The van der Waals surface area contributed by atoms with E-state index in [4.69, 9.17) is 9.39 Å². The zero-order valence-corrected chi connectivity index (χ0v) is 27.8. The molecule has 0 saturated heterocycles. The average molecular weight is 569 g/mol. The van der Waals surface area contributed by atoms with Crippen LogP contribution in [0.25, 0.3) is 0 Å². The molecule has 1 aromatic carbocycles. The Labute approximate surface area is 251 Å². The number of rotatable bonds is 11. The van der Waals surface area contributed by atoms with E-state index >= 15 is 0 Å². The topological polar surface area (TPSA) is 35.5 Å². The van der Waals surface area contributed by atoms with Crippen LogP contribution in [-0.2, 0) is 9.39 Å². The van der Waals surface area contributed by atoms with Crippen molar-refractivity contribution in [2.24, 2.45) is 47.3 Å². The van der Waals surface area contributed by atoms with Gasteiger partial charge in [0, 0.05) is 4.75 Å². The third-order valence-corrected chi connectivity index (χ3v) is 10.4. The number of carbonyl (C=O) groups is 1. The first kappa shape index (κ1) is 33.2. The first-order chi connectivity index (χ1) is 18.8. The van der Waals surface area contributed by atoms with Crippen LogP contribution in [0.15, 0.2) is 41.7 Å². The SMILES string of the molecule is CC(C)[C@H]1CC[C@H](C)C[C@H]1CB(C[C@@H]1C[C@@H](C)CC[C@@H]1C(C)C)O/C(=C/OC(=O)c1ccccc1)SC(C)(C)C. The molecule has 0 N–H and O–H groups in total. The minimum absolute atomic E-state index is 0.0603. The molecule has 2 fully saturated rings. The maximum Gasteiger partial charge on any atom is 0.359 e. The molecule has 0 heterocycles. The Bertz CT molecular complexity index is 904. The van der Waals surface area contributed by atoms with Gasteiger partial charge in [0.15, 0.2) is 5.09 Å². The standard InChI is InChI=1S/C35H57BO3S/c1-24(2)31-17-15-26(5)19-29(31)21-36(22-30-20-27(6)16-18-32(30)25(3)4)39-33(40-35(7,8)9)23-38-34(37)28-13-11-10-12-14-28/h10-14,23-27,29-32H,15-22H2,1-9H3/b33-23-/t26-,27-,29-,30-,31+,32+/m0/s1. The van der Waals surface area contributed by atoms with Crippen molar-refractivity contribution < 1.29 is 14.2 Å². The van der Waals surface area contributed by atoms with Gasteiger partial charge in [0.05, 0.1) is 5.56 Å². The van der Waals surface area contributed by atoms with Crippen LogP contribution < -0.4 is 0 Å². The van der Waals surface area contributed by atoms with Gasteiger partial charge in [0.1, 0.15) is 6.26 Å². The van der Waals surface area contributed by atoms with Gasteiger partial charge in [-0.3, -0.25) is 0 Å². The zero-order chi connectivity index (χ0) is 29.4. The first-order valence-electron chi connectivity index (χ1n) is 16.1. The molecular formula is C35H57BO3S. The third-order valence-electron chi connectivity index (χ3n) is 9.41. The van der Waals surface area contributed by atoms with Gasteiger partial charge < -0.3 is 9.39 Å². The van der Waals surface area contributed by atoms with Gasteiger partial charge in [-0.25, -0.2) is 4.79 Å². The fraction of sp³-hybridized carbons (Fsp3) is 0.743. The molecule has 2 saturated carbocycles. The van der Waals surface area contributed by atoms with Crippen LogP contribution in [0.4, 0.5) is 0 Å². The molecule has 2 aliphatic rings. The summed E-state index contributed by atoms with van der Waals surface area (Å²) in [5, 5.41) is 0.733. The van der Waals surface area contributed by atoms with Crippen molar-refractivity contribution >= 4 is 24.6 Å². The molecule has 0 unspecified atom stereocenters. The third kappa shape index (κ3) is 10.5. The van der Waals surface area contributed by atoms with E-state index in [9.17, 15) is 4.79 Å². The molecule has 2 aliphatic carbocycles. The van der Waals surface area contributed by atoms with Crippen LogP contribution in [0, 0.1) is 47.3 Å². The summed E-state index contributed by atoms with van der Waals surface area (Å²) in [5.41, 5.74) is 0.558. The van der Waals surface area contributed by atoms with E-state index in [-0.39, 0.29) is 17.6 Å². The quantitative estimate of drug-likeness (QED) is 0.151. The van der Waals surface area contributed by atoms with E-state index in [0.717, 1.165) is 41.4 Å². The summed E-state index contributed by atoms with van der Waals surface area (Å²) < 4.78 is 12.7. The second-order valence-corrected chi connectivity index (χ2v) is 16.6. The fourth-order valence-corrected chi connectivity index (χ4v) is 8.38. The summed E-state index contributed by atoms with van der Waals surface area (Å²) in [6, 6.07) is 9.23. The van der Waals surface area contributed by atoms with E-state index in [1.807, 2.05) is 18.2 Å². The van der Waals surface area contributed by atoms with Crippen molar-refractivity contribution in [1.82, 2.24) is 0 Å². The summed E-state index contributed by atoms with van der Waals surface area (Å²) in [4.78, 5) is 12.8. The van der Waals surface area contributed by atoms with Crippen LogP contribution in [-0.4, -0.2) is 17.6 Å². The van der Waals surface area contributed by atoms with Crippen molar-refractivity contribution in [3.05, 3.63) is 47.2 Å². The van der Waals surface area contributed by atoms with Crippen LogP contribution >= 0.6 is 11.8 Å². The summed E-state index contributed by atoms with van der Waals surface area (Å²) in [6.07, 6.45) is 11.7. The highest BCUT2D eigenvalue weighted by atomic mass is 32.2. The Morgan fingerprint density at radius 1 is 0.900 bits per heavy atom. The summed E-state index contributed by atoms with van der Waals surface area (Å²) in [6.45, 7) is 21.2. The Morgan fingerprint density at radius 3 is 1.85 bits per heavy atom. The van der Waals surface area contributed by atoms with E-state index in [1.165, 1.54) is 38.5 Å². The summed E-state index contributed by atoms with van der Waals surface area (Å²) in [5.74, 6) is 5.49. The predicted octanol–water partition coefficient (Wildman–Crippen LogP) is 10.6. The molecule has 224 valence electrons. The van der Waals surface area contributed by atoms with Gasteiger partial charge >= 0.3 is 12.9 Å². The van der Waals surface area contributed by atoms with Crippen molar-refractivity contribution in [2.45, 2.75) is 118 Å². The van der Waals surface area contributed by atoms with Crippen LogP contribution in [0.5, 0.6) is 0 Å². The predicted molar refractivity (Wildman–Crippen MR) is 173 cm³/mol. The van der Waals surface area contributed by atoms with Gasteiger partial charge in [-0.2, -0.15) is 0 Å². The number of thioether (sulfide) groups is 1. The first-order valence-corrected chi connectivity index (χ1v) is 17.0. The number of esters is 1. The average Bonchev–Trinajstić information content (AvgIpc) is 2.86. The van der Waals surface area contributed by atoms with E-state index in [2.05, 4.69) is 62.3 Å². The van der Waals surface area contributed by atoms with Gasteiger partial charge in [-0.15, -0.1) is 0 Å². The van der Waals surface area contributed by atoms with Crippen molar-refractivity contribution in [2.75, 3.05) is 0 Å². The van der Waals surface area contributed by atoms with E-state index in [0.29, 0.717) is 29.2 Å². The lowest BCUT2D eigenvalue weighted by Gasteiger charge is -2.41. The molecule has 0 radical (unpaired) electrons. The minimum atomic E-state index is -0.338. The summed E-state index contributed by atoms with van der Waals surface area (Å²) in [7, 11) is 0. The Morgan fingerprint density at radius 2 is 1.40 bits per heavy atom. The molecule has 0 aliphatic heterocycles. The maximum atomic E-state index is 12.8. The molecule has 0 spiro atoms.